The minimum Gasteiger partial charge on any atom is -0.438 e. The van der Waals surface area contributed by atoms with Crippen molar-refractivity contribution in [1.29, 1.82) is 0 Å². The molecule has 32 rings (SSSR count). The van der Waals surface area contributed by atoms with Crippen LogP contribution in [0.1, 0.15) is 25.1 Å². The number of aromatic nitrogens is 11. The van der Waals surface area contributed by atoms with Crippen molar-refractivity contribution < 1.29 is 4.42 Å². The lowest BCUT2D eigenvalue weighted by molar-refractivity contribution is 0.636. The van der Waals surface area contributed by atoms with Gasteiger partial charge in [-0.05, 0) is 234 Å². The van der Waals surface area contributed by atoms with E-state index in [-0.39, 0.29) is 5.41 Å². The molecule has 31 aromatic rings. The molecule has 0 saturated carbocycles. The van der Waals surface area contributed by atoms with E-state index >= 15 is 0 Å². The SMILES string of the molecule is CC1(C)c2ccccc2-c2c(-c3ccc4ncccc4c3)nc(-c3ccc(-n4c5ccccc5c5cc6ccccc6cc54)cc3)nc21.c1ccc2cc(-c3nc(-c4ccc5cc(-n6c7ccccc7c7cc8ccccc8cc76)ccc5c4)nc4sc5ccccc5c34)ccc2c1.c1ccc2cc3c(cc2c1)c1ccccc1n3-c1ccc(-c2nc(-c3ccc4ncccc4c3)c3c(n2)oc2ccccc23)c2ccccc12. The van der Waals surface area contributed by atoms with E-state index in [1.165, 1.54) is 135 Å². The van der Waals surface area contributed by atoms with Gasteiger partial charge < -0.3 is 18.1 Å². The van der Waals surface area contributed by atoms with E-state index in [1.807, 2.05) is 42.7 Å². The van der Waals surface area contributed by atoms with Crippen LogP contribution in [0.2, 0.25) is 0 Å². The van der Waals surface area contributed by atoms with Crippen molar-refractivity contribution in [2.75, 3.05) is 0 Å². The molecule has 1 aliphatic rings. The molecule has 0 N–H and O–H groups in total. The molecule has 0 saturated heterocycles. The summed E-state index contributed by atoms with van der Waals surface area (Å²) in [6, 6.07) is 162. The largest absolute Gasteiger partial charge is 0.438 e. The number of rotatable bonds is 9. The Morgan fingerprint density at radius 2 is 0.676 bits per heavy atom. The van der Waals surface area contributed by atoms with E-state index in [0.29, 0.717) is 11.5 Å². The topological polar surface area (TPSA) is 131 Å². The maximum atomic E-state index is 6.42. The second kappa shape index (κ2) is 33.4. The van der Waals surface area contributed by atoms with Crippen molar-refractivity contribution in [3.05, 3.63) is 479 Å². The van der Waals surface area contributed by atoms with Crippen LogP contribution in [0.3, 0.4) is 0 Å². The lowest BCUT2D eigenvalue weighted by Crippen LogP contribution is -2.17. The first-order valence-corrected chi connectivity index (χ1v) is 50.9. The summed E-state index contributed by atoms with van der Waals surface area (Å²) in [6.45, 7) is 4.55. The number of pyridine rings is 2. The van der Waals surface area contributed by atoms with E-state index in [0.717, 1.165) is 155 Å². The molecule has 0 fully saturated rings. The van der Waals surface area contributed by atoms with Crippen LogP contribution in [-0.4, -0.2) is 53.6 Å². The van der Waals surface area contributed by atoms with Gasteiger partial charge in [0.25, 0.3) is 0 Å². The molecule has 148 heavy (non-hydrogen) atoms. The van der Waals surface area contributed by atoms with Gasteiger partial charge in [-0.25, -0.2) is 24.9 Å². The van der Waals surface area contributed by atoms with Crippen LogP contribution in [-0.2, 0) is 5.41 Å². The molecule has 21 aromatic carbocycles. The molecule has 13 heteroatoms. The molecule has 1 aliphatic carbocycles. The van der Waals surface area contributed by atoms with Crippen LogP contribution >= 0.6 is 11.3 Å². The zero-order valence-corrected chi connectivity index (χ0v) is 81.0. The second-order valence-corrected chi connectivity index (χ2v) is 40.2. The third-order valence-electron chi connectivity index (χ3n) is 30.4. The Morgan fingerprint density at radius 3 is 1.32 bits per heavy atom. The summed E-state index contributed by atoms with van der Waals surface area (Å²) in [5, 5.41) is 28.3. The number of benzene rings is 21. The van der Waals surface area contributed by atoms with Crippen molar-refractivity contribution in [3.8, 4) is 96.1 Å². The van der Waals surface area contributed by atoms with Gasteiger partial charge in [-0.2, -0.15) is 4.98 Å². The van der Waals surface area contributed by atoms with Gasteiger partial charge in [0, 0.05) is 137 Å². The summed E-state index contributed by atoms with van der Waals surface area (Å²) in [6.07, 6.45) is 3.66. The number of fused-ring (bicyclic) bond motifs is 26. The zero-order valence-electron chi connectivity index (χ0n) is 80.2. The molecule has 0 spiro atoms. The number of thiophene rings is 1. The van der Waals surface area contributed by atoms with Crippen molar-refractivity contribution in [2.24, 2.45) is 0 Å². The lowest BCUT2D eigenvalue weighted by atomic mass is 9.85. The van der Waals surface area contributed by atoms with Gasteiger partial charge in [0.05, 0.1) is 78.0 Å². The number of furan rings is 1. The van der Waals surface area contributed by atoms with E-state index in [1.54, 1.807) is 11.3 Å². The molecule has 0 amide bonds. The Balaban J connectivity index is 0.000000102. The molecule has 0 radical (unpaired) electrons. The summed E-state index contributed by atoms with van der Waals surface area (Å²) in [5.74, 6) is 2.09. The normalized spacial score (nSPS) is 12.4. The van der Waals surface area contributed by atoms with Gasteiger partial charge >= 0.3 is 0 Å². The van der Waals surface area contributed by atoms with Crippen LogP contribution in [0.25, 0.3) is 290 Å². The number of hydrogen-bond acceptors (Lipinski definition) is 10. The highest BCUT2D eigenvalue weighted by atomic mass is 32.1. The standard InChI is InChI=1S/C46H27N3S.C45H26N4O.C44H30N4/c1-2-10-29-23-34(19-17-28(29)9-1)44-43-38-14-6-8-16-42(38)50-46(43)48-45(47-44)35-20-18-33-25-36(22-21-32(33)24-35)49-40-15-7-5-13-37(40)39-26-30-11-3-4-12-31(30)27-41(39)49;1-2-11-28-26-40-36(25-27(28)10-1)33-15-5-7-17-38(33)49(40)39-22-20-34(31-13-3-4-14-32(31)39)44-47-43(30-19-21-37-29(24-30)12-9-23-46-37)42-35-16-6-8-18-41(35)50-45(42)48-44;1-44(2)36-15-7-5-14-34(36)40-41(31-19-22-37-30(24-31)12-9-23-45-37)46-43(47-42(40)44)27-17-20-32(21-18-27)48-38-16-8-6-13-33(38)35-25-28-10-3-4-11-29(28)26-39(35)48/h1-27H;1-26H;3-26H,1-2H3. The zero-order chi connectivity index (χ0) is 97.5. The van der Waals surface area contributed by atoms with E-state index in [9.17, 15) is 0 Å². The Kier molecular flexibility index (Phi) is 19.0. The van der Waals surface area contributed by atoms with Crippen molar-refractivity contribution >= 4 is 206 Å². The minimum atomic E-state index is -0.261. The van der Waals surface area contributed by atoms with Gasteiger partial charge in [-0.1, -0.05) is 305 Å². The Hall–Kier alpha value is -19.3. The van der Waals surface area contributed by atoms with Crippen LogP contribution in [0.15, 0.2) is 472 Å². The quantitative estimate of drug-likeness (QED) is 0.139. The smallest absolute Gasteiger partial charge is 0.231 e. The summed E-state index contributed by atoms with van der Waals surface area (Å²) in [7, 11) is 0. The Morgan fingerprint density at radius 1 is 0.250 bits per heavy atom. The predicted molar refractivity (Wildman–Crippen MR) is 615 cm³/mol. The fourth-order valence-corrected chi connectivity index (χ4v) is 24.4. The van der Waals surface area contributed by atoms with Crippen molar-refractivity contribution in [2.45, 2.75) is 19.3 Å². The highest BCUT2D eigenvalue weighted by molar-refractivity contribution is 7.25. The number of para-hydroxylation sites is 4. The molecule has 10 aromatic heterocycles. The molecular formula is C135H83N11OS. The fraction of sp³-hybridized carbons (Fsp3) is 0.0222. The summed E-state index contributed by atoms with van der Waals surface area (Å²) < 4.78 is 14.8. The molecule has 0 atom stereocenters. The fourth-order valence-electron chi connectivity index (χ4n) is 23.3. The highest BCUT2D eigenvalue weighted by Crippen LogP contribution is 2.53. The molecule has 690 valence electrons. The third kappa shape index (κ3) is 13.6. The minimum absolute atomic E-state index is 0.261. The maximum Gasteiger partial charge on any atom is 0.231 e. The van der Waals surface area contributed by atoms with Crippen LogP contribution in [0.5, 0.6) is 0 Å². The monoisotopic (exact) mass is 1910 g/mol. The maximum absolute atomic E-state index is 6.42. The number of hydrogen-bond donors (Lipinski definition) is 0. The first kappa shape index (κ1) is 84.4. The molecule has 12 nitrogen and oxygen atoms in total. The molecule has 0 unspecified atom stereocenters. The van der Waals surface area contributed by atoms with Gasteiger partial charge in [0.2, 0.25) is 5.71 Å². The predicted octanol–water partition coefficient (Wildman–Crippen LogP) is 35.3. The van der Waals surface area contributed by atoms with Crippen molar-refractivity contribution in [3.63, 3.8) is 0 Å². The Labute approximate surface area is 851 Å². The Bertz CT molecular complexity index is 11100. The highest BCUT2D eigenvalue weighted by Gasteiger charge is 2.40. The van der Waals surface area contributed by atoms with Gasteiger partial charge in [-0.3, -0.25) is 9.97 Å². The summed E-state index contributed by atoms with van der Waals surface area (Å²) in [5.41, 5.74) is 27.1. The summed E-state index contributed by atoms with van der Waals surface area (Å²) >= 11 is 1.74. The summed E-state index contributed by atoms with van der Waals surface area (Å²) in [4.78, 5) is 41.8. The van der Waals surface area contributed by atoms with Crippen LogP contribution in [0.4, 0.5) is 0 Å². The van der Waals surface area contributed by atoms with Crippen LogP contribution < -0.4 is 0 Å². The van der Waals surface area contributed by atoms with Gasteiger partial charge in [0.1, 0.15) is 10.4 Å². The third-order valence-corrected chi connectivity index (χ3v) is 31.4. The van der Waals surface area contributed by atoms with Crippen LogP contribution in [0, 0.1) is 0 Å². The van der Waals surface area contributed by atoms with E-state index in [4.69, 9.17) is 34.3 Å². The lowest BCUT2D eigenvalue weighted by Gasteiger charge is -2.21. The molecular weight excluding hydrogens is 1820 g/mol. The average molecular weight is 1910 g/mol. The van der Waals surface area contributed by atoms with Gasteiger partial charge in [-0.15, -0.1) is 11.3 Å². The molecule has 0 bridgehead atoms. The van der Waals surface area contributed by atoms with Gasteiger partial charge in [0.15, 0.2) is 17.5 Å². The first-order chi connectivity index (χ1) is 73.1. The molecule has 10 heterocycles. The first-order valence-electron chi connectivity index (χ1n) is 50.1. The van der Waals surface area contributed by atoms with E-state index < -0.39 is 0 Å². The second-order valence-electron chi connectivity index (χ2n) is 39.2. The molecule has 0 aliphatic heterocycles. The average Bonchev–Trinajstić information content (AvgIpc) is 1.55. The number of nitrogens with zero attached hydrogens (tertiary/aromatic N) is 11. The van der Waals surface area contributed by atoms with Crippen molar-refractivity contribution in [1.82, 2.24) is 53.6 Å². The van der Waals surface area contributed by atoms with E-state index in [2.05, 4.69) is 462 Å².